The minimum Gasteiger partial charge on any atom is -0.479 e. The molecule has 0 radical (unpaired) electrons. The Morgan fingerprint density at radius 3 is 2.62 bits per heavy atom. The van der Waals surface area contributed by atoms with E-state index in [0.29, 0.717) is 17.8 Å². The second kappa shape index (κ2) is 6.60. The second-order valence-corrected chi connectivity index (χ2v) is 6.14. The van der Waals surface area contributed by atoms with Crippen molar-refractivity contribution in [2.75, 3.05) is 31.6 Å². The van der Waals surface area contributed by atoms with Gasteiger partial charge >= 0.3 is 5.97 Å². The Hall–Kier alpha value is -2.41. The fourth-order valence-corrected chi connectivity index (χ4v) is 2.82. The average molecular weight is 332 g/mol. The SMILES string of the molecule is CN(C(=O)C1CC1)c1ccccc1C(=O)N1CCOC(C(=O)O)C1. The van der Waals surface area contributed by atoms with E-state index in [1.54, 1.807) is 31.3 Å². The second-order valence-electron chi connectivity index (χ2n) is 6.14. The van der Waals surface area contributed by atoms with E-state index < -0.39 is 12.1 Å². The predicted molar refractivity (Wildman–Crippen MR) is 85.9 cm³/mol. The molecule has 1 aromatic carbocycles. The molecule has 1 heterocycles. The van der Waals surface area contributed by atoms with Crippen molar-refractivity contribution in [1.29, 1.82) is 0 Å². The summed E-state index contributed by atoms with van der Waals surface area (Å²) in [6.07, 6.45) is 0.771. The summed E-state index contributed by atoms with van der Waals surface area (Å²) in [6, 6.07) is 6.92. The molecule has 0 spiro atoms. The lowest BCUT2D eigenvalue weighted by atomic mass is 10.1. The van der Waals surface area contributed by atoms with E-state index in [2.05, 4.69) is 0 Å². The number of carbonyl (C=O) groups is 3. The highest BCUT2D eigenvalue weighted by Gasteiger charge is 2.35. The Balaban J connectivity index is 1.82. The van der Waals surface area contributed by atoms with Gasteiger partial charge in [0, 0.05) is 19.5 Å². The minimum absolute atomic E-state index is 0.00276. The van der Waals surface area contributed by atoms with Crippen LogP contribution in [-0.2, 0) is 14.3 Å². The molecule has 2 fully saturated rings. The van der Waals surface area contributed by atoms with Crippen LogP contribution in [0.3, 0.4) is 0 Å². The van der Waals surface area contributed by atoms with Crippen molar-refractivity contribution in [3.63, 3.8) is 0 Å². The number of anilines is 1. The van der Waals surface area contributed by atoms with Crippen molar-refractivity contribution in [3.05, 3.63) is 29.8 Å². The van der Waals surface area contributed by atoms with E-state index in [-0.39, 0.29) is 30.9 Å². The summed E-state index contributed by atoms with van der Waals surface area (Å²) in [7, 11) is 1.67. The number of morpholine rings is 1. The van der Waals surface area contributed by atoms with Gasteiger partial charge < -0.3 is 19.6 Å². The van der Waals surface area contributed by atoms with Gasteiger partial charge in [-0.1, -0.05) is 12.1 Å². The van der Waals surface area contributed by atoms with Crippen LogP contribution in [0.15, 0.2) is 24.3 Å². The molecular formula is C17H20N2O5. The number of carboxylic acid groups (broad SMARTS) is 1. The van der Waals surface area contributed by atoms with Crippen molar-refractivity contribution in [3.8, 4) is 0 Å². The zero-order valence-corrected chi connectivity index (χ0v) is 13.5. The van der Waals surface area contributed by atoms with Crippen LogP contribution in [0.4, 0.5) is 5.69 Å². The van der Waals surface area contributed by atoms with Crippen LogP contribution >= 0.6 is 0 Å². The van der Waals surface area contributed by atoms with Gasteiger partial charge in [0.1, 0.15) is 0 Å². The molecule has 1 aliphatic heterocycles. The average Bonchev–Trinajstić information content (AvgIpc) is 3.45. The number of aliphatic carboxylic acids is 1. The van der Waals surface area contributed by atoms with Crippen molar-refractivity contribution >= 4 is 23.5 Å². The number of hydrogen-bond donors (Lipinski definition) is 1. The van der Waals surface area contributed by atoms with E-state index in [4.69, 9.17) is 9.84 Å². The van der Waals surface area contributed by atoms with Crippen LogP contribution in [-0.4, -0.2) is 60.6 Å². The molecule has 1 aromatic rings. The lowest BCUT2D eigenvalue weighted by molar-refractivity contribution is -0.154. The third-order valence-electron chi connectivity index (χ3n) is 4.38. The third kappa shape index (κ3) is 3.26. The van der Waals surface area contributed by atoms with Gasteiger partial charge in [-0.2, -0.15) is 0 Å². The van der Waals surface area contributed by atoms with Crippen LogP contribution in [0.5, 0.6) is 0 Å². The molecule has 3 rings (SSSR count). The van der Waals surface area contributed by atoms with Gasteiger partial charge in [-0.15, -0.1) is 0 Å². The van der Waals surface area contributed by atoms with Gasteiger partial charge in [0.2, 0.25) is 5.91 Å². The van der Waals surface area contributed by atoms with E-state index >= 15 is 0 Å². The number of benzene rings is 1. The summed E-state index contributed by atoms with van der Waals surface area (Å²) >= 11 is 0. The number of amides is 2. The maximum Gasteiger partial charge on any atom is 0.334 e. The molecule has 2 aliphatic rings. The highest BCUT2D eigenvalue weighted by molar-refractivity contribution is 6.05. The maximum absolute atomic E-state index is 12.8. The number of carboxylic acids is 1. The van der Waals surface area contributed by atoms with Gasteiger partial charge in [0.05, 0.1) is 24.4 Å². The molecule has 24 heavy (non-hydrogen) atoms. The van der Waals surface area contributed by atoms with Crippen LogP contribution in [0, 0.1) is 5.92 Å². The standard InChI is InChI=1S/C17H20N2O5/c1-18(15(20)11-6-7-11)13-5-3-2-4-12(13)16(21)19-8-9-24-14(10-19)17(22)23/h2-5,11,14H,6-10H2,1H3,(H,22,23). The third-order valence-corrected chi connectivity index (χ3v) is 4.38. The Bertz CT molecular complexity index is 671. The highest BCUT2D eigenvalue weighted by Crippen LogP contribution is 2.33. The van der Waals surface area contributed by atoms with E-state index in [1.165, 1.54) is 9.80 Å². The van der Waals surface area contributed by atoms with Gasteiger partial charge in [0.15, 0.2) is 6.10 Å². The van der Waals surface area contributed by atoms with Crippen LogP contribution < -0.4 is 4.90 Å². The zero-order chi connectivity index (χ0) is 17.3. The number of nitrogens with zero attached hydrogens (tertiary/aromatic N) is 2. The van der Waals surface area contributed by atoms with Gasteiger partial charge in [0.25, 0.3) is 5.91 Å². The van der Waals surface area contributed by atoms with Crippen LogP contribution in [0.2, 0.25) is 0 Å². The monoisotopic (exact) mass is 332 g/mol. The first-order chi connectivity index (χ1) is 11.5. The lowest BCUT2D eigenvalue weighted by Crippen LogP contribution is -2.48. The number of carbonyl (C=O) groups excluding carboxylic acids is 2. The quantitative estimate of drug-likeness (QED) is 0.888. The molecule has 0 aromatic heterocycles. The predicted octanol–water partition coefficient (Wildman–Crippen LogP) is 0.985. The molecular weight excluding hydrogens is 312 g/mol. The van der Waals surface area contributed by atoms with E-state index in [9.17, 15) is 14.4 Å². The lowest BCUT2D eigenvalue weighted by Gasteiger charge is -2.32. The van der Waals surface area contributed by atoms with Gasteiger partial charge in [-0.05, 0) is 25.0 Å². The Morgan fingerprint density at radius 1 is 1.25 bits per heavy atom. The van der Waals surface area contributed by atoms with Crippen LogP contribution in [0.25, 0.3) is 0 Å². The first-order valence-electron chi connectivity index (χ1n) is 7.99. The van der Waals surface area contributed by atoms with Crippen molar-refractivity contribution in [2.45, 2.75) is 18.9 Å². The van der Waals surface area contributed by atoms with Crippen molar-refractivity contribution < 1.29 is 24.2 Å². The van der Waals surface area contributed by atoms with E-state index in [0.717, 1.165) is 12.8 Å². The highest BCUT2D eigenvalue weighted by atomic mass is 16.5. The number of para-hydroxylation sites is 1. The summed E-state index contributed by atoms with van der Waals surface area (Å²) < 4.78 is 5.15. The molecule has 1 saturated heterocycles. The first-order valence-corrected chi connectivity index (χ1v) is 7.99. The van der Waals surface area contributed by atoms with E-state index in [1.807, 2.05) is 0 Å². The molecule has 7 nitrogen and oxygen atoms in total. The molecule has 128 valence electrons. The topological polar surface area (TPSA) is 87.2 Å². The summed E-state index contributed by atoms with van der Waals surface area (Å²) in [5.41, 5.74) is 0.956. The Labute approximate surface area is 139 Å². The summed E-state index contributed by atoms with van der Waals surface area (Å²) in [6.45, 7) is 0.516. The minimum atomic E-state index is -1.08. The molecule has 1 N–H and O–H groups in total. The molecule has 2 amide bonds. The fourth-order valence-electron chi connectivity index (χ4n) is 2.82. The molecule has 1 atom stereocenters. The molecule has 1 saturated carbocycles. The number of ether oxygens (including phenoxy) is 1. The molecule has 1 unspecified atom stereocenters. The molecule has 1 aliphatic carbocycles. The van der Waals surface area contributed by atoms with Crippen molar-refractivity contribution in [2.24, 2.45) is 5.92 Å². The smallest absolute Gasteiger partial charge is 0.334 e. The maximum atomic E-state index is 12.8. The molecule has 7 heteroatoms. The van der Waals surface area contributed by atoms with Crippen LogP contribution in [0.1, 0.15) is 23.2 Å². The van der Waals surface area contributed by atoms with Gasteiger partial charge in [-0.25, -0.2) is 4.79 Å². The van der Waals surface area contributed by atoms with Gasteiger partial charge in [-0.3, -0.25) is 9.59 Å². The largest absolute Gasteiger partial charge is 0.479 e. The van der Waals surface area contributed by atoms with Crippen molar-refractivity contribution in [1.82, 2.24) is 4.90 Å². The summed E-state index contributed by atoms with van der Waals surface area (Å²) in [5, 5.41) is 9.08. The first kappa shape index (κ1) is 16.4. The Morgan fingerprint density at radius 2 is 1.96 bits per heavy atom. The zero-order valence-electron chi connectivity index (χ0n) is 13.5. The number of rotatable bonds is 4. The molecule has 0 bridgehead atoms. The fraction of sp³-hybridized carbons (Fsp3) is 0.471. The summed E-state index contributed by atoms with van der Waals surface area (Å²) in [5.74, 6) is -1.30. The summed E-state index contributed by atoms with van der Waals surface area (Å²) in [4.78, 5) is 39.2. The normalized spacial score (nSPS) is 20.5. The Kier molecular flexibility index (Phi) is 4.53. The number of hydrogen-bond acceptors (Lipinski definition) is 4.